The first-order valence-electron chi connectivity index (χ1n) is 9.53. The highest BCUT2D eigenvalue weighted by Gasteiger charge is 2.15. The van der Waals surface area contributed by atoms with Gasteiger partial charge in [0.05, 0.1) is 0 Å². The van der Waals surface area contributed by atoms with Crippen LogP contribution >= 0.6 is 0 Å². The van der Waals surface area contributed by atoms with Crippen molar-refractivity contribution in [2.24, 2.45) is 0 Å². The zero-order valence-electron chi connectivity index (χ0n) is 16.8. The number of hydrogen-bond acceptors (Lipinski definition) is 9. The maximum Gasteiger partial charge on any atom is 0.201 e. The van der Waals surface area contributed by atoms with E-state index in [-0.39, 0.29) is 51.7 Å². The molecule has 0 amide bonds. The second-order valence-electron chi connectivity index (χ2n) is 6.82. The Morgan fingerprint density at radius 3 is 0.939 bits per heavy atom. The lowest BCUT2D eigenvalue weighted by Crippen LogP contribution is -1.92. The van der Waals surface area contributed by atoms with Gasteiger partial charge in [-0.25, -0.2) is 0 Å². The molecule has 4 aromatic rings. The van der Waals surface area contributed by atoms with Gasteiger partial charge in [-0.1, -0.05) is 18.2 Å². The summed E-state index contributed by atoms with van der Waals surface area (Å²) in [6.07, 6.45) is 0. The first kappa shape index (κ1) is 21.3. The molecule has 0 heterocycles. The number of rotatable bonds is 6. The molecular weight excluding hydrogens is 432 g/mol. The van der Waals surface area contributed by atoms with Gasteiger partial charge in [0.25, 0.3) is 0 Å². The fraction of sp³-hybridized carbons (Fsp3) is 0. The SMILES string of the molecule is Oc1cccc(Oc2cc(Oc3cccc(O)c3O)cc(Oc3cccc(O)c3O)c2)c1O. The molecule has 0 aliphatic rings. The summed E-state index contributed by atoms with van der Waals surface area (Å²) in [5.74, 6) is -2.47. The summed E-state index contributed by atoms with van der Waals surface area (Å²) < 4.78 is 17.0. The Labute approximate surface area is 187 Å². The predicted molar refractivity (Wildman–Crippen MR) is 116 cm³/mol. The molecule has 9 heteroatoms. The highest BCUT2D eigenvalue weighted by molar-refractivity contribution is 5.56. The van der Waals surface area contributed by atoms with Crippen molar-refractivity contribution in [3.63, 3.8) is 0 Å². The minimum absolute atomic E-state index is 0.0569. The molecular formula is C24H18O9. The van der Waals surface area contributed by atoms with Gasteiger partial charge in [-0.15, -0.1) is 0 Å². The average Bonchev–Trinajstić information content (AvgIpc) is 2.78. The molecule has 0 aromatic heterocycles. The number of phenols is 6. The van der Waals surface area contributed by atoms with Gasteiger partial charge in [-0.2, -0.15) is 0 Å². The van der Waals surface area contributed by atoms with E-state index in [0.29, 0.717) is 0 Å². The third kappa shape index (κ3) is 4.57. The number of ether oxygens (including phenoxy) is 3. The van der Waals surface area contributed by atoms with Gasteiger partial charge in [-0.3, -0.25) is 0 Å². The minimum atomic E-state index is -0.484. The Hall–Kier alpha value is -4.92. The van der Waals surface area contributed by atoms with Crippen molar-refractivity contribution in [1.82, 2.24) is 0 Å². The van der Waals surface area contributed by atoms with E-state index in [4.69, 9.17) is 14.2 Å². The zero-order chi connectivity index (χ0) is 23.5. The number of benzene rings is 4. The van der Waals surface area contributed by atoms with E-state index in [1.807, 2.05) is 0 Å². The van der Waals surface area contributed by atoms with E-state index in [9.17, 15) is 30.6 Å². The van der Waals surface area contributed by atoms with E-state index in [0.717, 1.165) is 0 Å². The topological polar surface area (TPSA) is 149 Å². The van der Waals surface area contributed by atoms with Crippen LogP contribution in [0.1, 0.15) is 0 Å². The first-order chi connectivity index (χ1) is 15.8. The summed E-state index contributed by atoms with van der Waals surface area (Å²) in [6.45, 7) is 0. The summed E-state index contributed by atoms with van der Waals surface area (Å²) in [6, 6.07) is 16.7. The highest BCUT2D eigenvalue weighted by Crippen LogP contribution is 2.44. The van der Waals surface area contributed by atoms with Gasteiger partial charge in [0.1, 0.15) is 17.2 Å². The van der Waals surface area contributed by atoms with Crippen molar-refractivity contribution < 1.29 is 44.8 Å². The molecule has 0 spiro atoms. The van der Waals surface area contributed by atoms with Crippen molar-refractivity contribution >= 4 is 0 Å². The molecule has 6 N–H and O–H groups in total. The van der Waals surface area contributed by atoms with Crippen LogP contribution in [0.2, 0.25) is 0 Å². The minimum Gasteiger partial charge on any atom is -0.504 e. The molecule has 0 saturated heterocycles. The molecule has 0 aliphatic carbocycles. The van der Waals surface area contributed by atoms with Crippen molar-refractivity contribution in [1.29, 1.82) is 0 Å². The Balaban J connectivity index is 1.74. The lowest BCUT2D eigenvalue weighted by molar-refractivity contribution is 0.361. The lowest BCUT2D eigenvalue weighted by Gasteiger charge is -2.15. The molecule has 4 aromatic carbocycles. The number of hydrogen-bond donors (Lipinski definition) is 6. The quantitative estimate of drug-likeness (QED) is 0.215. The third-order valence-electron chi connectivity index (χ3n) is 4.47. The van der Waals surface area contributed by atoms with E-state index in [1.165, 1.54) is 72.8 Å². The second-order valence-corrected chi connectivity index (χ2v) is 6.82. The van der Waals surface area contributed by atoms with Crippen LogP contribution < -0.4 is 14.2 Å². The number of para-hydroxylation sites is 3. The summed E-state index contributed by atoms with van der Waals surface area (Å²) >= 11 is 0. The van der Waals surface area contributed by atoms with Gasteiger partial charge in [0, 0.05) is 18.2 Å². The lowest BCUT2D eigenvalue weighted by atomic mass is 10.2. The molecule has 33 heavy (non-hydrogen) atoms. The molecule has 0 aliphatic heterocycles. The largest absolute Gasteiger partial charge is 0.504 e. The molecule has 168 valence electrons. The molecule has 0 radical (unpaired) electrons. The normalized spacial score (nSPS) is 10.5. The van der Waals surface area contributed by atoms with Gasteiger partial charge in [0.2, 0.25) is 17.2 Å². The molecule has 0 atom stereocenters. The average molecular weight is 450 g/mol. The van der Waals surface area contributed by atoms with E-state index < -0.39 is 17.2 Å². The van der Waals surface area contributed by atoms with E-state index >= 15 is 0 Å². The van der Waals surface area contributed by atoms with Crippen LogP contribution in [-0.4, -0.2) is 30.6 Å². The fourth-order valence-corrected chi connectivity index (χ4v) is 2.88. The molecule has 0 unspecified atom stereocenters. The molecule has 0 fully saturated rings. The summed E-state index contributed by atoms with van der Waals surface area (Å²) in [7, 11) is 0. The van der Waals surface area contributed by atoms with Crippen LogP contribution in [0, 0.1) is 0 Å². The molecule has 0 bridgehead atoms. The Morgan fingerprint density at radius 1 is 0.394 bits per heavy atom. The van der Waals surface area contributed by atoms with Crippen LogP contribution in [0.4, 0.5) is 0 Å². The van der Waals surface area contributed by atoms with E-state index in [1.54, 1.807) is 0 Å². The summed E-state index contributed by atoms with van der Waals surface area (Å²) in [5.41, 5.74) is 0. The Bertz CT molecular complexity index is 1140. The molecule has 0 saturated carbocycles. The Kier molecular flexibility index (Phi) is 5.60. The van der Waals surface area contributed by atoms with Gasteiger partial charge in [0.15, 0.2) is 34.5 Å². The van der Waals surface area contributed by atoms with Gasteiger partial charge in [-0.05, 0) is 36.4 Å². The third-order valence-corrected chi connectivity index (χ3v) is 4.47. The van der Waals surface area contributed by atoms with Crippen molar-refractivity contribution in [2.45, 2.75) is 0 Å². The van der Waals surface area contributed by atoms with Gasteiger partial charge < -0.3 is 44.8 Å². The standard InChI is InChI=1S/C24H18O9/c25-16-4-1-7-19(22(16)28)31-13-10-14(32-20-8-2-5-17(26)23(20)29)12-15(11-13)33-21-9-3-6-18(27)24(21)30/h1-12,25-30H. The van der Waals surface area contributed by atoms with E-state index in [2.05, 4.69) is 0 Å². The van der Waals surface area contributed by atoms with Crippen LogP contribution in [0.3, 0.4) is 0 Å². The monoisotopic (exact) mass is 450 g/mol. The molecule has 9 nitrogen and oxygen atoms in total. The first-order valence-corrected chi connectivity index (χ1v) is 9.53. The van der Waals surface area contributed by atoms with Crippen molar-refractivity contribution in [3.05, 3.63) is 72.8 Å². The number of aromatic hydroxyl groups is 6. The smallest absolute Gasteiger partial charge is 0.201 e. The summed E-state index contributed by atoms with van der Waals surface area (Å²) in [5, 5.41) is 59.3. The fourth-order valence-electron chi connectivity index (χ4n) is 2.88. The van der Waals surface area contributed by atoms with Crippen LogP contribution in [0.15, 0.2) is 72.8 Å². The maximum atomic E-state index is 10.0. The summed E-state index contributed by atoms with van der Waals surface area (Å²) in [4.78, 5) is 0. The predicted octanol–water partition coefficient (Wildman–Crippen LogP) is 5.30. The number of phenolic OH excluding ortho intramolecular Hbond substituents is 6. The highest BCUT2D eigenvalue weighted by atomic mass is 16.5. The van der Waals surface area contributed by atoms with Crippen molar-refractivity contribution in [3.8, 4) is 69.0 Å². The Morgan fingerprint density at radius 2 is 0.667 bits per heavy atom. The molecule has 4 rings (SSSR count). The van der Waals surface area contributed by atoms with Gasteiger partial charge >= 0.3 is 0 Å². The van der Waals surface area contributed by atoms with Crippen LogP contribution in [0.5, 0.6) is 69.0 Å². The van der Waals surface area contributed by atoms with Crippen LogP contribution in [0.25, 0.3) is 0 Å². The second kappa shape index (κ2) is 8.67. The van der Waals surface area contributed by atoms with Crippen LogP contribution in [-0.2, 0) is 0 Å². The maximum absolute atomic E-state index is 10.0. The zero-order valence-corrected chi connectivity index (χ0v) is 16.8. The van der Waals surface area contributed by atoms with Crippen molar-refractivity contribution in [2.75, 3.05) is 0 Å².